The van der Waals surface area contributed by atoms with Gasteiger partial charge in [-0.25, -0.2) is 9.13 Å². The fourth-order valence-electron chi connectivity index (χ4n) is 3.29. The number of nitrogen functional groups attached to an aromatic ring is 1. The Morgan fingerprint density at radius 1 is 0.889 bits per heavy atom. The van der Waals surface area contributed by atoms with Gasteiger partial charge >= 0.3 is 5.95 Å². The predicted molar refractivity (Wildman–Crippen MR) is 109 cm³/mol. The van der Waals surface area contributed by atoms with Gasteiger partial charge in [-0.2, -0.15) is 0 Å². The van der Waals surface area contributed by atoms with Crippen molar-refractivity contribution in [2.24, 2.45) is 0 Å². The van der Waals surface area contributed by atoms with E-state index in [0.717, 1.165) is 17.6 Å². The zero-order chi connectivity index (χ0) is 18.6. The van der Waals surface area contributed by atoms with Gasteiger partial charge in [0.1, 0.15) is 29.9 Å². The van der Waals surface area contributed by atoms with Gasteiger partial charge < -0.3 is 4.74 Å². The van der Waals surface area contributed by atoms with E-state index in [9.17, 15) is 0 Å². The molecule has 0 atom stereocenters. The molecule has 0 saturated carbocycles. The van der Waals surface area contributed by atoms with Crippen molar-refractivity contribution in [1.82, 2.24) is 4.57 Å². The Kier molecular flexibility index (Phi) is 4.99. The number of imidazole rings is 1. The fourth-order valence-corrected chi connectivity index (χ4v) is 3.48. The van der Waals surface area contributed by atoms with E-state index in [2.05, 4.69) is 33.4 Å². The molecule has 136 valence electrons. The van der Waals surface area contributed by atoms with E-state index in [0.29, 0.717) is 29.9 Å². The molecular weight excluding hydrogens is 358 g/mol. The number of fused-ring (bicyclic) bond motifs is 1. The molecule has 0 bridgehead atoms. The zero-order valence-electron chi connectivity index (χ0n) is 14.9. The summed E-state index contributed by atoms with van der Waals surface area (Å²) in [6.45, 7) is 1.85. The minimum absolute atomic E-state index is 0.484. The number of hydrogen-bond acceptors (Lipinski definition) is 2. The highest BCUT2D eigenvalue weighted by Gasteiger charge is 2.20. The van der Waals surface area contributed by atoms with Crippen molar-refractivity contribution in [2.75, 3.05) is 12.3 Å². The monoisotopic (exact) mass is 378 g/mol. The van der Waals surface area contributed by atoms with Gasteiger partial charge in [-0.05, 0) is 29.8 Å². The van der Waals surface area contributed by atoms with Gasteiger partial charge in [-0.15, -0.1) is 0 Å². The number of aromatic nitrogens is 2. The third-order valence-corrected chi connectivity index (χ3v) is 4.92. The Hall–Kier alpha value is -2.98. The minimum Gasteiger partial charge on any atom is -0.489 e. The Morgan fingerprint density at radius 3 is 2.41 bits per heavy atom. The van der Waals surface area contributed by atoms with Crippen LogP contribution in [0, 0.1) is 0 Å². The zero-order valence-corrected chi connectivity index (χ0v) is 15.6. The van der Waals surface area contributed by atoms with Crippen molar-refractivity contribution in [3.63, 3.8) is 0 Å². The van der Waals surface area contributed by atoms with Gasteiger partial charge in [0.15, 0.2) is 0 Å². The van der Waals surface area contributed by atoms with Crippen LogP contribution in [0.5, 0.6) is 5.75 Å². The van der Waals surface area contributed by atoms with Crippen LogP contribution in [0.1, 0.15) is 5.56 Å². The summed E-state index contributed by atoms with van der Waals surface area (Å²) in [6.07, 6.45) is 0. The second kappa shape index (κ2) is 7.72. The van der Waals surface area contributed by atoms with E-state index in [4.69, 9.17) is 22.1 Å². The summed E-state index contributed by atoms with van der Waals surface area (Å²) in [5.74, 6) is 1.40. The van der Waals surface area contributed by atoms with Crippen LogP contribution in [0.15, 0.2) is 78.9 Å². The van der Waals surface area contributed by atoms with Gasteiger partial charge in [0.25, 0.3) is 0 Å². The molecule has 4 aromatic rings. The van der Waals surface area contributed by atoms with Gasteiger partial charge in [-0.1, -0.05) is 66.2 Å². The van der Waals surface area contributed by atoms with E-state index in [-0.39, 0.29) is 0 Å². The normalized spacial score (nSPS) is 11.0. The summed E-state index contributed by atoms with van der Waals surface area (Å²) < 4.78 is 10.1. The number of nitrogens with zero attached hydrogens (tertiary/aromatic N) is 2. The van der Waals surface area contributed by atoms with Gasteiger partial charge in [0, 0.05) is 0 Å². The highest BCUT2D eigenvalue weighted by atomic mass is 35.5. The first kappa shape index (κ1) is 17.4. The smallest absolute Gasteiger partial charge is 0.356 e. The van der Waals surface area contributed by atoms with Crippen LogP contribution in [-0.4, -0.2) is 11.2 Å². The van der Waals surface area contributed by atoms with Crippen molar-refractivity contribution in [2.45, 2.75) is 13.1 Å². The number of para-hydroxylation sites is 3. The van der Waals surface area contributed by atoms with Crippen LogP contribution in [0.2, 0.25) is 5.02 Å². The fraction of sp³-hybridized carbons (Fsp3) is 0.136. The number of ether oxygens (including phenoxy) is 1. The first-order valence-electron chi connectivity index (χ1n) is 8.92. The predicted octanol–water partition coefficient (Wildman–Crippen LogP) is 4.29. The first-order chi connectivity index (χ1) is 13.2. The molecule has 2 N–H and O–H groups in total. The average Bonchev–Trinajstić information content (AvgIpc) is 2.96. The van der Waals surface area contributed by atoms with Crippen LogP contribution in [0.4, 0.5) is 5.95 Å². The van der Waals surface area contributed by atoms with E-state index in [1.54, 1.807) is 0 Å². The van der Waals surface area contributed by atoms with E-state index in [1.165, 1.54) is 5.56 Å². The lowest BCUT2D eigenvalue weighted by molar-refractivity contribution is -0.648. The summed E-state index contributed by atoms with van der Waals surface area (Å²) in [6, 6.07) is 26.1. The molecule has 3 aromatic carbocycles. The van der Waals surface area contributed by atoms with E-state index in [1.807, 2.05) is 54.6 Å². The molecular formula is C22H21ClN3O+. The lowest BCUT2D eigenvalue weighted by atomic mass is 10.2. The van der Waals surface area contributed by atoms with Crippen LogP contribution in [0.25, 0.3) is 11.0 Å². The second-order valence-electron chi connectivity index (χ2n) is 6.35. The number of anilines is 1. The topological polar surface area (TPSA) is 44.1 Å². The Balaban J connectivity index is 1.61. The summed E-state index contributed by atoms with van der Waals surface area (Å²) in [7, 11) is 0. The SMILES string of the molecule is Nc1n(CCOc2ccccc2Cl)c2ccccc2[n+]1Cc1ccccc1. The van der Waals surface area contributed by atoms with Gasteiger partial charge in [0.2, 0.25) is 0 Å². The Labute approximate surface area is 163 Å². The number of rotatable bonds is 6. The number of benzene rings is 3. The molecule has 0 unspecified atom stereocenters. The number of nitrogens with two attached hydrogens (primary N) is 1. The van der Waals surface area contributed by atoms with Crippen molar-refractivity contribution in [3.05, 3.63) is 89.4 Å². The minimum atomic E-state index is 0.484. The van der Waals surface area contributed by atoms with Gasteiger partial charge in [-0.3, -0.25) is 5.73 Å². The number of hydrogen-bond donors (Lipinski definition) is 1. The molecule has 4 rings (SSSR count). The maximum atomic E-state index is 6.52. The lowest BCUT2D eigenvalue weighted by Crippen LogP contribution is -2.37. The first-order valence-corrected chi connectivity index (χ1v) is 9.29. The second-order valence-corrected chi connectivity index (χ2v) is 6.76. The molecule has 0 aliphatic carbocycles. The van der Waals surface area contributed by atoms with Crippen molar-refractivity contribution in [1.29, 1.82) is 0 Å². The van der Waals surface area contributed by atoms with E-state index < -0.39 is 0 Å². The molecule has 0 amide bonds. The third kappa shape index (κ3) is 3.62. The van der Waals surface area contributed by atoms with Crippen LogP contribution in [-0.2, 0) is 13.1 Å². The molecule has 5 heteroatoms. The third-order valence-electron chi connectivity index (χ3n) is 4.61. The molecule has 1 heterocycles. The van der Waals surface area contributed by atoms with E-state index >= 15 is 0 Å². The molecule has 4 nitrogen and oxygen atoms in total. The maximum Gasteiger partial charge on any atom is 0.356 e. The summed E-state index contributed by atoms with van der Waals surface area (Å²) in [5, 5.41) is 0.613. The summed E-state index contributed by atoms with van der Waals surface area (Å²) >= 11 is 6.17. The Bertz CT molecular complexity index is 1060. The maximum absolute atomic E-state index is 6.52. The van der Waals surface area contributed by atoms with Crippen LogP contribution < -0.4 is 15.0 Å². The van der Waals surface area contributed by atoms with Crippen LogP contribution in [0.3, 0.4) is 0 Å². The quantitative estimate of drug-likeness (QED) is 0.508. The Morgan fingerprint density at radius 2 is 1.59 bits per heavy atom. The standard InChI is InChI=1S/C22H20ClN3O/c23-18-10-4-7-13-21(18)27-15-14-25-19-11-5-6-12-20(19)26(22(25)24)16-17-8-2-1-3-9-17/h1-13,24H,14-16H2/p+1. The summed E-state index contributed by atoms with van der Waals surface area (Å²) in [4.78, 5) is 0. The molecule has 0 aliphatic rings. The molecule has 0 fully saturated rings. The number of halogens is 1. The molecule has 1 aromatic heterocycles. The molecule has 0 spiro atoms. The van der Waals surface area contributed by atoms with Crippen molar-refractivity contribution < 1.29 is 9.30 Å². The largest absolute Gasteiger partial charge is 0.489 e. The lowest BCUT2D eigenvalue weighted by Gasteiger charge is -2.07. The van der Waals surface area contributed by atoms with Crippen molar-refractivity contribution in [3.8, 4) is 5.75 Å². The average molecular weight is 379 g/mol. The molecule has 0 radical (unpaired) electrons. The van der Waals surface area contributed by atoms with Gasteiger partial charge in [0.05, 0.1) is 11.6 Å². The molecule has 0 aliphatic heterocycles. The summed E-state index contributed by atoms with van der Waals surface area (Å²) in [5.41, 5.74) is 9.93. The molecule has 27 heavy (non-hydrogen) atoms. The van der Waals surface area contributed by atoms with Crippen molar-refractivity contribution >= 4 is 28.6 Å². The highest BCUT2D eigenvalue weighted by molar-refractivity contribution is 6.32. The highest BCUT2D eigenvalue weighted by Crippen LogP contribution is 2.23. The van der Waals surface area contributed by atoms with Crippen LogP contribution >= 0.6 is 11.6 Å². The molecule has 0 saturated heterocycles.